The average molecular weight is 293 g/mol. The highest BCUT2D eigenvalue weighted by atomic mass is 16.5. The fourth-order valence-electron chi connectivity index (χ4n) is 2.49. The smallest absolute Gasteiger partial charge is 0.253 e. The first-order valence-corrected chi connectivity index (χ1v) is 7.13. The lowest BCUT2D eigenvalue weighted by atomic mass is 10.2. The van der Waals surface area contributed by atoms with Crippen LogP contribution in [0, 0.1) is 0 Å². The third kappa shape index (κ3) is 3.71. The summed E-state index contributed by atoms with van der Waals surface area (Å²) >= 11 is 0. The van der Waals surface area contributed by atoms with Gasteiger partial charge in [0.15, 0.2) is 0 Å². The van der Waals surface area contributed by atoms with Crippen molar-refractivity contribution in [2.45, 2.75) is 32.0 Å². The highest BCUT2D eigenvalue weighted by Crippen LogP contribution is 2.16. The van der Waals surface area contributed by atoms with Crippen LogP contribution in [0.15, 0.2) is 18.3 Å². The third-order valence-corrected chi connectivity index (χ3v) is 3.85. The number of pyridine rings is 1. The maximum absolute atomic E-state index is 12.3. The van der Waals surface area contributed by atoms with Crippen molar-refractivity contribution in [1.82, 2.24) is 15.2 Å². The van der Waals surface area contributed by atoms with E-state index in [1.54, 1.807) is 26.4 Å². The van der Waals surface area contributed by atoms with Crippen molar-refractivity contribution in [3.63, 3.8) is 0 Å². The molecule has 1 aliphatic heterocycles. The molecule has 0 radical (unpaired) electrons. The van der Waals surface area contributed by atoms with Crippen LogP contribution in [0.2, 0.25) is 0 Å². The highest BCUT2D eigenvalue weighted by molar-refractivity contribution is 5.94. The second-order valence-corrected chi connectivity index (χ2v) is 5.49. The summed E-state index contributed by atoms with van der Waals surface area (Å²) in [6, 6.07) is 3.81. The molecule has 1 amide bonds. The number of ether oxygens (including phenoxy) is 2. The molecule has 1 aromatic rings. The molecule has 0 saturated carbocycles. The molecule has 1 saturated heterocycles. The molecule has 2 heterocycles. The quantitative estimate of drug-likeness (QED) is 0.875. The monoisotopic (exact) mass is 293 g/mol. The number of hydrogen-bond donors (Lipinski definition) is 1. The summed E-state index contributed by atoms with van der Waals surface area (Å²) in [6.07, 6.45) is 1.54. The van der Waals surface area contributed by atoms with E-state index >= 15 is 0 Å². The van der Waals surface area contributed by atoms with Crippen LogP contribution in [0.4, 0.5) is 0 Å². The Morgan fingerprint density at radius 2 is 2.14 bits per heavy atom. The molecule has 116 valence electrons. The second-order valence-electron chi connectivity index (χ2n) is 5.49. The highest BCUT2D eigenvalue weighted by Gasteiger charge is 2.35. The van der Waals surface area contributed by atoms with Crippen molar-refractivity contribution >= 4 is 5.91 Å². The van der Waals surface area contributed by atoms with Gasteiger partial charge in [-0.3, -0.25) is 9.69 Å². The molecule has 1 N–H and O–H groups in total. The van der Waals surface area contributed by atoms with E-state index in [2.05, 4.69) is 29.0 Å². The summed E-state index contributed by atoms with van der Waals surface area (Å²) < 4.78 is 10.5. The van der Waals surface area contributed by atoms with Gasteiger partial charge in [0.1, 0.15) is 0 Å². The number of rotatable bonds is 5. The number of likely N-dealkylation sites (tertiary alicyclic amines) is 1. The first-order valence-electron chi connectivity index (χ1n) is 7.13. The standard InChI is InChI=1S/C15H23N3O3/c1-10(2)18-8-12(13(9-18)20-3)17-15(19)11-5-6-14(21-4)16-7-11/h5-7,10,12-13H,8-9H2,1-4H3,(H,17,19)/t12-,13-/m0/s1. The van der Waals surface area contributed by atoms with E-state index in [0.717, 1.165) is 13.1 Å². The SMILES string of the molecule is COc1ccc(C(=O)N[C@H]2CN(C(C)C)C[C@@H]2OC)cn1. The summed E-state index contributed by atoms with van der Waals surface area (Å²) in [5, 5.41) is 3.03. The minimum Gasteiger partial charge on any atom is -0.481 e. The number of amides is 1. The van der Waals surface area contributed by atoms with Gasteiger partial charge in [0, 0.05) is 38.5 Å². The minimum absolute atomic E-state index is 0.00741. The van der Waals surface area contributed by atoms with E-state index in [-0.39, 0.29) is 18.1 Å². The van der Waals surface area contributed by atoms with E-state index in [1.165, 1.54) is 6.20 Å². The van der Waals surface area contributed by atoms with Crippen LogP contribution < -0.4 is 10.1 Å². The van der Waals surface area contributed by atoms with Gasteiger partial charge in [-0.15, -0.1) is 0 Å². The molecule has 2 atom stereocenters. The number of carbonyl (C=O) groups is 1. The van der Waals surface area contributed by atoms with Gasteiger partial charge in [0.25, 0.3) is 5.91 Å². The van der Waals surface area contributed by atoms with Gasteiger partial charge in [-0.1, -0.05) is 0 Å². The third-order valence-electron chi connectivity index (χ3n) is 3.85. The molecule has 0 bridgehead atoms. The minimum atomic E-state index is -0.136. The predicted octanol–water partition coefficient (Wildman–Crippen LogP) is 0.928. The van der Waals surface area contributed by atoms with Crippen LogP contribution >= 0.6 is 0 Å². The molecule has 0 aromatic carbocycles. The van der Waals surface area contributed by atoms with Crippen molar-refractivity contribution in [3.8, 4) is 5.88 Å². The number of aromatic nitrogens is 1. The Morgan fingerprint density at radius 1 is 1.38 bits per heavy atom. The molecule has 21 heavy (non-hydrogen) atoms. The predicted molar refractivity (Wildman–Crippen MR) is 79.5 cm³/mol. The zero-order valence-electron chi connectivity index (χ0n) is 13.0. The van der Waals surface area contributed by atoms with E-state index in [1.807, 2.05) is 0 Å². The van der Waals surface area contributed by atoms with Crippen molar-refractivity contribution in [2.24, 2.45) is 0 Å². The number of nitrogens with zero attached hydrogens (tertiary/aromatic N) is 2. The van der Waals surface area contributed by atoms with Gasteiger partial charge < -0.3 is 14.8 Å². The molecular weight excluding hydrogens is 270 g/mol. The zero-order chi connectivity index (χ0) is 15.4. The van der Waals surface area contributed by atoms with Crippen molar-refractivity contribution < 1.29 is 14.3 Å². The Labute approximate surface area is 125 Å². The van der Waals surface area contributed by atoms with Crippen molar-refractivity contribution in [1.29, 1.82) is 0 Å². The fraction of sp³-hybridized carbons (Fsp3) is 0.600. The van der Waals surface area contributed by atoms with E-state index < -0.39 is 0 Å². The second kappa shape index (κ2) is 6.87. The van der Waals surface area contributed by atoms with E-state index in [4.69, 9.17) is 9.47 Å². The van der Waals surface area contributed by atoms with Gasteiger partial charge in [0.2, 0.25) is 5.88 Å². The summed E-state index contributed by atoms with van der Waals surface area (Å²) in [5.41, 5.74) is 0.522. The number of carbonyl (C=O) groups excluding carboxylic acids is 1. The van der Waals surface area contributed by atoms with Gasteiger partial charge in [0.05, 0.1) is 24.8 Å². The van der Waals surface area contributed by atoms with Crippen LogP contribution in [0.3, 0.4) is 0 Å². The molecule has 0 unspecified atom stereocenters. The largest absolute Gasteiger partial charge is 0.481 e. The fourth-order valence-corrected chi connectivity index (χ4v) is 2.49. The molecular formula is C15H23N3O3. The van der Waals surface area contributed by atoms with Gasteiger partial charge in [-0.05, 0) is 19.9 Å². The van der Waals surface area contributed by atoms with Gasteiger partial charge >= 0.3 is 0 Å². The zero-order valence-corrected chi connectivity index (χ0v) is 13.0. The first-order chi connectivity index (χ1) is 10.0. The normalized spacial score (nSPS) is 22.5. The van der Waals surface area contributed by atoms with Crippen LogP contribution in [-0.4, -0.2) is 61.3 Å². The summed E-state index contributed by atoms with van der Waals surface area (Å²) in [6.45, 7) is 5.92. The number of nitrogens with one attached hydrogen (secondary N) is 1. The van der Waals surface area contributed by atoms with E-state index in [0.29, 0.717) is 17.5 Å². The summed E-state index contributed by atoms with van der Waals surface area (Å²) in [4.78, 5) is 18.6. The van der Waals surface area contributed by atoms with Gasteiger partial charge in [-0.2, -0.15) is 0 Å². The molecule has 2 rings (SSSR count). The molecule has 1 aromatic heterocycles. The van der Waals surface area contributed by atoms with Crippen LogP contribution in [0.25, 0.3) is 0 Å². The van der Waals surface area contributed by atoms with Crippen LogP contribution in [-0.2, 0) is 4.74 Å². The number of hydrogen-bond acceptors (Lipinski definition) is 5. The van der Waals surface area contributed by atoms with Crippen molar-refractivity contribution in [3.05, 3.63) is 23.9 Å². The Hall–Kier alpha value is -1.66. The maximum Gasteiger partial charge on any atom is 0.253 e. The lowest BCUT2D eigenvalue weighted by Crippen LogP contribution is -2.43. The Bertz CT molecular complexity index is 476. The molecule has 1 aliphatic rings. The molecule has 6 heteroatoms. The Balaban J connectivity index is 2.00. The lowest BCUT2D eigenvalue weighted by molar-refractivity contribution is 0.0753. The maximum atomic E-state index is 12.3. The first kappa shape index (κ1) is 15.7. The number of methoxy groups -OCH3 is 2. The van der Waals surface area contributed by atoms with Crippen LogP contribution in [0.5, 0.6) is 5.88 Å². The topological polar surface area (TPSA) is 63.7 Å². The Morgan fingerprint density at radius 3 is 2.67 bits per heavy atom. The van der Waals surface area contributed by atoms with Crippen molar-refractivity contribution in [2.75, 3.05) is 27.3 Å². The lowest BCUT2D eigenvalue weighted by Gasteiger charge is -2.20. The molecule has 0 aliphatic carbocycles. The average Bonchev–Trinajstić information content (AvgIpc) is 2.90. The summed E-state index contributed by atoms with van der Waals surface area (Å²) in [5.74, 6) is 0.357. The van der Waals surface area contributed by atoms with Gasteiger partial charge in [-0.25, -0.2) is 4.98 Å². The molecule has 0 spiro atoms. The molecule has 1 fully saturated rings. The Kier molecular flexibility index (Phi) is 5.14. The van der Waals surface area contributed by atoms with Crippen LogP contribution in [0.1, 0.15) is 24.2 Å². The molecule has 6 nitrogen and oxygen atoms in total. The summed E-state index contributed by atoms with van der Waals surface area (Å²) in [7, 11) is 3.23. The van der Waals surface area contributed by atoms with E-state index in [9.17, 15) is 4.79 Å².